The van der Waals surface area contributed by atoms with E-state index in [2.05, 4.69) is 5.32 Å². The van der Waals surface area contributed by atoms with E-state index in [0.29, 0.717) is 26.0 Å². The molecule has 5 nitrogen and oxygen atoms in total. The lowest BCUT2D eigenvalue weighted by molar-refractivity contribution is -0.121. The maximum atomic E-state index is 11.8. The highest BCUT2D eigenvalue weighted by molar-refractivity contribution is 5.76. The first kappa shape index (κ1) is 17.7. The molecular formula is C19H24N2O3. The fourth-order valence-electron chi connectivity index (χ4n) is 2.26. The van der Waals surface area contributed by atoms with Crippen molar-refractivity contribution >= 4 is 11.6 Å². The molecule has 2 aromatic carbocycles. The summed E-state index contributed by atoms with van der Waals surface area (Å²) in [7, 11) is 1.63. The summed E-state index contributed by atoms with van der Waals surface area (Å²) in [6, 6.07) is 15.1. The number of nitrogens with two attached hydrogens (primary N) is 1. The van der Waals surface area contributed by atoms with Gasteiger partial charge in [0.15, 0.2) is 0 Å². The Morgan fingerprint density at radius 2 is 1.79 bits per heavy atom. The van der Waals surface area contributed by atoms with Crippen LogP contribution in [0.15, 0.2) is 48.5 Å². The molecule has 2 aromatic rings. The summed E-state index contributed by atoms with van der Waals surface area (Å²) in [6.45, 7) is 1.15. The van der Waals surface area contributed by atoms with Gasteiger partial charge in [-0.2, -0.15) is 0 Å². The molecule has 3 N–H and O–H groups in total. The summed E-state index contributed by atoms with van der Waals surface area (Å²) in [4.78, 5) is 11.8. The number of para-hydroxylation sites is 1. The topological polar surface area (TPSA) is 73.6 Å². The van der Waals surface area contributed by atoms with E-state index >= 15 is 0 Å². The van der Waals surface area contributed by atoms with E-state index in [-0.39, 0.29) is 5.91 Å². The van der Waals surface area contributed by atoms with Gasteiger partial charge in [-0.25, -0.2) is 0 Å². The first-order valence-corrected chi connectivity index (χ1v) is 8.06. The Labute approximate surface area is 142 Å². The zero-order valence-electron chi connectivity index (χ0n) is 14.0. The number of amides is 1. The number of carbonyl (C=O) groups is 1. The van der Waals surface area contributed by atoms with Crippen molar-refractivity contribution < 1.29 is 14.3 Å². The van der Waals surface area contributed by atoms with Crippen LogP contribution in [-0.2, 0) is 11.2 Å². The minimum absolute atomic E-state index is 0.0303. The van der Waals surface area contributed by atoms with Crippen molar-refractivity contribution in [3.8, 4) is 11.5 Å². The van der Waals surface area contributed by atoms with Crippen LogP contribution in [0.25, 0.3) is 0 Å². The second kappa shape index (κ2) is 9.45. The first-order chi connectivity index (χ1) is 11.7. The fraction of sp³-hybridized carbons (Fsp3) is 0.316. The van der Waals surface area contributed by atoms with E-state index in [1.54, 1.807) is 7.11 Å². The van der Waals surface area contributed by atoms with Gasteiger partial charge in [-0.3, -0.25) is 4.79 Å². The third kappa shape index (κ3) is 5.83. The summed E-state index contributed by atoms with van der Waals surface area (Å²) in [5, 5.41) is 2.90. The second-order valence-electron chi connectivity index (χ2n) is 5.43. The van der Waals surface area contributed by atoms with Crippen molar-refractivity contribution in [1.29, 1.82) is 0 Å². The minimum atomic E-state index is 0.0303. The number of methoxy groups -OCH3 is 1. The lowest BCUT2D eigenvalue weighted by Gasteiger charge is -2.09. The van der Waals surface area contributed by atoms with Crippen LogP contribution in [0, 0.1) is 0 Å². The van der Waals surface area contributed by atoms with Crippen LogP contribution < -0.4 is 20.5 Å². The average Bonchev–Trinajstić information content (AvgIpc) is 2.61. The van der Waals surface area contributed by atoms with Crippen molar-refractivity contribution in [3.05, 3.63) is 54.1 Å². The third-order valence-electron chi connectivity index (χ3n) is 3.65. The number of ether oxygens (including phenoxy) is 2. The molecule has 0 aliphatic rings. The predicted molar refractivity (Wildman–Crippen MR) is 95.3 cm³/mol. The zero-order valence-corrected chi connectivity index (χ0v) is 14.0. The Bertz CT molecular complexity index is 641. The van der Waals surface area contributed by atoms with E-state index in [4.69, 9.17) is 15.2 Å². The van der Waals surface area contributed by atoms with E-state index in [9.17, 15) is 4.79 Å². The van der Waals surface area contributed by atoms with E-state index in [0.717, 1.165) is 29.2 Å². The van der Waals surface area contributed by atoms with Crippen LogP contribution in [0.1, 0.15) is 18.4 Å². The minimum Gasteiger partial charge on any atom is -0.497 e. The van der Waals surface area contributed by atoms with Gasteiger partial charge in [-0.1, -0.05) is 18.2 Å². The van der Waals surface area contributed by atoms with Crippen LogP contribution in [0.4, 0.5) is 5.69 Å². The molecule has 5 heteroatoms. The van der Waals surface area contributed by atoms with Crippen LogP contribution in [0.3, 0.4) is 0 Å². The molecule has 0 radical (unpaired) electrons. The SMILES string of the molecule is COc1ccc(OCCCNC(=O)CCc2ccccc2N)cc1. The molecule has 0 saturated carbocycles. The number of hydrogen-bond acceptors (Lipinski definition) is 4. The number of anilines is 1. The van der Waals surface area contributed by atoms with Crippen LogP contribution >= 0.6 is 0 Å². The molecule has 0 bridgehead atoms. The average molecular weight is 328 g/mol. The summed E-state index contributed by atoms with van der Waals surface area (Å²) in [5.41, 5.74) is 7.61. The maximum Gasteiger partial charge on any atom is 0.220 e. The number of nitrogen functional groups attached to an aromatic ring is 1. The van der Waals surface area contributed by atoms with Crippen LogP contribution in [0.2, 0.25) is 0 Å². The normalized spacial score (nSPS) is 10.2. The molecule has 0 spiro atoms. The Hall–Kier alpha value is -2.69. The molecule has 0 unspecified atom stereocenters. The summed E-state index contributed by atoms with van der Waals surface area (Å²) in [5.74, 6) is 1.62. The van der Waals surface area contributed by atoms with Crippen molar-refractivity contribution in [2.24, 2.45) is 0 Å². The van der Waals surface area contributed by atoms with Gasteiger partial charge in [-0.05, 0) is 48.7 Å². The summed E-state index contributed by atoms with van der Waals surface area (Å²) in [6.07, 6.45) is 1.85. The number of carbonyl (C=O) groups excluding carboxylic acids is 1. The fourth-order valence-corrected chi connectivity index (χ4v) is 2.26. The summed E-state index contributed by atoms with van der Waals surface area (Å²) >= 11 is 0. The molecule has 128 valence electrons. The van der Waals surface area contributed by atoms with E-state index in [1.807, 2.05) is 48.5 Å². The molecule has 24 heavy (non-hydrogen) atoms. The zero-order chi connectivity index (χ0) is 17.2. The Balaban J connectivity index is 1.58. The molecule has 0 fully saturated rings. The van der Waals surface area contributed by atoms with E-state index in [1.165, 1.54) is 0 Å². The smallest absolute Gasteiger partial charge is 0.220 e. The lowest BCUT2D eigenvalue weighted by atomic mass is 10.1. The van der Waals surface area contributed by atoms with Crippen LogP contribution in [0.5, 0.6) is 11.5 Å². The molecule has 0 saturated heterocycles. The maximum absolute atomic E-state index is 11.8. The Morgan fingerprint density at radius 1 is 1.08 bits per heavy atom. The lowest BCUT2D eigenvalue weighted by Crippen LogP contribution is -2.25. The number of rotatable bonds is 9. The number of aryl methyl sites for hydroxylation is 1. The highest BCUT2D eigenvalue weighted by Crippen LogP contribution is 2.17. The predicted octanol–water partition coefficient (Wildman–Crippen LogP) is 2.80. The van der Waals surface area contributed by atoms with Crippen molar-refractivity contribution in [2.75, 3.05) is 26.0 Å². The number of hydrogen-bond donors (Lipinski definition) is 2. The van der Waals surface area contributed by atoms with Gasteiger partial charge < -0.3 is 20.5 Å². The molecule has 0 aliphatic heterocycles. The highest BCUT2D eigenvalue weighted by atomic mass is 16.5. The Kier molecular flexibility index (Phi) is 6.95. The van der Waals surface area contributed by atoms with Crippen LogP contribution in [-0.4, -0.2) is 26.2 Å². The highest BCUT2D eigenvalue weighted by Gasteiger charge is 2.04. The first-order valence-electron chi connectivity index (χ1n) is 8.06. The molecule has 0 aliphatic carbocycles. The Morgan fingerprint density at radius 3 is 2.50 bits per heavy atom. The summed E-state index contributed by atoms with van der Waals surface area (Å²) < 4.78 is 10.7. The molecule has 1 amide bonds. The van der Waals surface area contributed by atoms with Crippen molar-refractivity contribution in [3.63, 3.8) is 0 Å². The second-order valence-corrected chi connectivity index (χ2v) is 5.43. The molecule has 0 aromatic heterocycles. The number of benzene rings is 2. The van der Waals surface area contributed by atoms with E-state index < -0.39 is 0 Å². The van der Waals surface area contributed by atoms with Gasteiger partial charge in [0, 0.05) is 18.7 Å². The number of nitrogens with one attached hydrogen (secondary N) is 1. The van der Waals surface area contributed by atoms with Gasteiger partial charge >= 0.3 is 0 Å². The molecule has 0 atom stereocenters. The van der Waals surface area contributed by atoms with Gasteiger partial charge in [0.1, 0.15) is 11.5 Å². The molecule has 2 rings (SSSR count). The van der Waals surface area contributed by atoms with Gasteiger partial charge in [-0.15, -0.1) is 0 Å². The van der Waals surface area contributed by atoms with Gasteiger partial charge in [0.05, 0.1) is 13.7 Å². The monoisotopic (exact) mass is 328 g/mol. The van der Waals surface area contributed by atoms with Gasteiger partial charge in [0.25, 0.3) is 0 Å². The third-order valence-corrected chi connectivity index (χ3v) is 3.65. The largest absolute Gasteiger partial charge is 0.497 e. The molecule has 0 heterocycles. The van der Waals surface area contributed by atoms with Crippen molar-refractivity contribution in [1.82, 2.24) is 5.32 Å². The standard InChI is InChI=1S/C19H24N2O3/c1-23-16-8-10-17(11-9-16)24-14-4-13-21-19(22)12-7-15-5-2-3-6-18(15)20/h2-3,5-6,8-11H,4,7,12-14,20H2,1H3,(H,21,22). The van der Waals surface area contributed by atoms with Crippen molar-refractivity contribution in [2.45, 2.75) is 19.3 Å². The quantitative estimate of drug-likeness (QED) is 0.548. The molecular weight excluding hydrogens is 304 g/mol. The van der Waals surface area contributed by atoms with Gasteiger partial charge in [0.2, 0.25) is 5.91 Å².